The van der Waals surface area contributed by atoms with Crippen LogP contribution in [0.4, 0.5) is 0 Å². The van der Waals surface area contributed by atoms with Gasteiger partial charge in [0.25, 0.3) is 0 Å². The minimum absolute atomic E-state index is 0. The zero-order valence-corrected chi connectivity index (χ0v) is 14.4. The lowest BCUT2D eigenvalue weighted by atomic mass is 10.0. The first-order valence-corrected chi connectivity index (χ1v) is 7.80. The van der Waals surface area contributed by atoms with Crippen LogP contribution in [0.3, 0.4) is 0 Å². The normalized spacial score (nSPS) is 18.8. The molecule has 0 spiro atoms. The highest BCUT2D eigenvalue weighted by Crippen LogP contribution is 2.20. The molecule has 1 unspecified atom stereocenters. The quantitative estimate of drug-likeness (QED) is 0.815. The molecule has 6 nitrogen and oxygen atoms in total. The minimum atomic E-state index is 0. The molecule has 1 saturated heterocycles. The maximum absolute atomic E-state index is 11.6. The van der Waals surface area contributed by atoms with Crippen LogP contribution in [0.1, 0.15) is 36.9 Å². The van der Waals surface area contributed by atoms with E-state index in [4.69, 9.17) is 5.73 Å². The number of nitrogens with one attached hydrogen (secondary N) is 1. The number of carbonyl (C=O) groups excluding carboxylic acids is 1. The van der Waals surface area contributed by atoms with Gasteiger partial charge in [0.1, 0.15) is 0 Å². The zero-order chi connectivity index (χ0) is 15.2. The topological polar surface area (TPSA) is 76.2 Å². The van der Waals surface area contributed by atoms with Crippen LogP contribution in [0.25, 0.3) is 0 Å². The molecule has 0 radical (unpaired) electrons. The molecule has 126 valence electrons. The third-order valence-electron chi connectivity index (χ3n) is 4.37. The van der Waals surface area contributed by atoms with Crippen molar-refractivity contribution in [2.24, 2.45) is 12.8 Å². The predicted molar refractivity (Wildman–Crippen MR) is 89.9 cm³/mol. The van der Waals surface area contributed by atoms with E-state index in [1.807, 2.05) is 17.9 Å². The van der Waals surface area contributed by atoms with Crippen LogP contribution in [0, 0.1) is 6.92 Å². The summed E-state index contributed by atoms with van der Waals surface area (Å²) in [5, 5.41) is 7.32. The second-order valence-corrected chi connectivity index (χ2v) is 5.84. The van der Waals surface area contributed by atoms with E-state index in [9.17, 15) is 4.79 Å². The number of hydrogen-bond acceptors (Lipinski definition) is 4. The monoisotopic (exact) mass is 329 g/mol. The molecule has 1 atom stereocenters. The molecular formula is C15H28ClN5O. The molecule has 0 saturated carbocycles. The van der Waals surface area contributed by atoms with E-state index in [0.29, 0.717) is 19.0 Å². The molecule has 1 aromatic heterocycles. The van der Waals surface area contributed by atoms with Crippen LogP contribution in [0.15, 0.2) is 6.20 Å². The second kappa shape index (κ2) is 9.12. The van der Waals surface area contributed by atoms with Crippen molar-refractivity contribution in [3.8, 4) is 0 Å². The smallest absolute Gasteiger partial charge is 0.221 e. The number of rotatable bonds is 6. The Labute approximate surface area is 138 Å². The summed E-state index contributed by atoms with van der Waals surface area (Å²) in [6, 6.07) is 0.417. The number of aryl methyl sites for hydroxylation is 1. The number of likely N-dealkylation sites (tertiary alicyclic amines) is 1. The van der Waals surface area contributed by atoms with Crippen molar-refractivity contribution in [1.29, 1.82) is 0 Å². The average molecular weight is 330 g/mol. The Bertz CT molecular complexity index is 476. The van der Waals surface area contributed by atoms with Gasteiger partial charge in [0.2, 0.25) is 5.91 Å². The third kappa shape index (κ3) is 4.97. The average Bonchev–Trinajstić information content (AvgIpc) is 2.79. The maximum atomic E-state index is 11.6. The van der Waals surface area contributed by atoms with E-state index in [1.165, 1.54) is 24.1 Å². The van der Waals surface area contributed by atoms with Gasteiger partial charge in [0, 0.05) is 50.4 Å². The zero-order valence-electron chi connectivity index (χ0n) is 13.5. The molecule has 0 bridgehead atoms. The summed E-state index contributed by atoms with van der Waals surface area (Å²) in [6.07, 6.45) is 5.97. The number of nitrogens with zero attached hydrogens (tertiary/aromatic N) is 3. The Kier molecular flexibility index (Phi) is 7.85. The van der Waals surface area contributed by atoms with Crippen LogP contribution in [0.5, 0.6) is 0 Å². The Morgan fingerprint density at radius 1 is 1.50 bits per heavy atom. The number of nitrogens with two attached hydrogens (primary N) is 1. The highest BCUT2D eigenvalue weighted by Gasteiger charge is 2.23. The summed E-state index contributed by atoms with van der Waals surface area (Å²) in [5.74, 6) is 0.0561. The van der Waals surface area contributed by atoms with Crippen molar-refractivity contribution >= 4 is 18.3 Å². The molecule has 22 heavy (non-hydrogen) atoms. The summed E-state index contributed by atoms with van der Waals surface area (Å²) in [7, 11) is 1.97. The van der Waals surface area contributed by atoms with E-state index in [1.54, 1.807) is 0 Å². The van der Waals surface area contributed by atoms with Gasteiger partial charge in [-0.2, -0.15) is 5.10 Å². The largest absolute Gasteiger partial charge is 0.354 e. The van der Waals surface area contributed by atoms with Crippen LogP contribution in [-0.4, -0.2) is 46.3 Å². The predicted octanol–water partition coefficient (Wildman–Crippen LogP) is 0.970. The number of halogens is 1. The summed E-state index contributed by atoms with van der Waals surface area (Å²) < 4.78 is 1.91. The summed E-state index contributed by atoms with van der Waals surface area (Å²) in [4.78, 5) is 14.1. The van der Waals surface area contributed by atoms with E-state index in [0.717, 1.165) is 26.1 Å². The summed E-state index contributed by atoms with van der Waals surface area (Å²) in [6.45, 7) is 5.24. The molecule has 2 rings (SSSR count). The van der Waals surface area contributed by atoms with Gasteiger partial charge in [-0.15, -0.1) is 12.4 Å². The fourth-order valence-electron chi connectivity index (χ4n) is 2.87. The first-order valence-electron chi connectivity index (χ1n) is 7.80. The Morgan fingerprint density at radius 2 is 2.27 bits per heavy atom. The van der Waals surface area contributed by atoms with Crippen molar-refractivity contribution < 1.29 is 4.79 Å². The number of carbonyl (C=O) groups is 1. The molecule has 1 aliphatic rings. The van der Waals surface area contributed by atoms with Gasteiger partial charge in [-0.3, -0.25) is 14.4 Å². The van der Waals surface area contributed by atoms with E-state index < -0.39 is 0 Å². The van der Waals surface area contributed by atoms with Gasteiger partial charge in [0.15, 0.2) is 0 Å². The van der Waals surface area contributed by atoms with Crippen molar-refractivity contribution in [3.63, 3.8) is 0 Å². The SMILES string of the molecule is Cc1c(CN2CCCCC2CNC(=O)CCN)cnn1C.Cl. The van der Waals surface area contributed by atoms with Gasteiger partial charge in [-0.1, -0.05) is 6.42 Å². The van der Waals surface area contributed by atoms with E-state index >= 15 is 0 Å². The number of aromatic nitrogens is 2. The first kappa shape index (κ1) is 18.9. The van der Waals surface area contributed by atoms with Gasteiger partial charge in [0.05, 0.1) is 6.20 Å². The molecule has 7 heteroatoms. The molecule has 1 fully saturated rings. The van der Waals surface area contributed by atoms with E-state index in [-0.39, 0.29) is 18.3 Å². The fraction of sp³-hybridized carbons (Fsp3) is 0.733. The Hall–Kier alpha value is -1.11. The number of amides is 1. The maximum Gasteiger partial charge on any atom is 0.221 e. The number of piperidine rings is 1. The molecule has 1 aromatic rings. The molecule has 3 N–H and O–H groups in total. The lowest BCUT2D eigenvalue weighted by Crippen LogP contribution is -2.46. The lowest BCUT2D eigenvalue weighted by molar-refractivity contribution is -0.121. The Balaban J connectivity index is 0.00000242. The highest BCUT2D eigenvalue weighted by molar-refractivity contribution is 5.85. The molecule has 1 aliphatic heterocycles. The Morgan fingerprint density at radius 3 is 2.91 bits per heavy atom. The van der Waals surface area contributed by atoms with Gasteiger partial charge >= 0.3 is 0 Å². The van der Waals surface area contributed by atoms with Gasteiger partial charge < -0.3 is 11.1 Å². The standard InChI is InChI=1S/C15H27N5O.ClH/c1-12-13(9-18-19(12)2)11-20-8-4-3-5-14(20)10-17-15(21)6-7-16;/h9,14H,3-8,10-11,16H2,1-2H3,(H,17,21);1H. The number of hydrogen-bond donors (Lipinski definition) is 2. The third-order valence-corrected chi connectivity index (χ3v) is 4.37. The van der Waals surface area contributed by atoms with Crippen LogP contribution in [0.2, 0.25) is 0 Å². The second-order valence-electron chi connectivity index (χ2n) is 5.84. The van der Waals surface area contributed by atoms with Crippen LogP contribution >= 0.6 is 12.4 Å². The van der Waals surface area contributed by atoms with E-state index in [2.05, 4.69) is 22.2 Å². The fourth-order valence-corrected chi connectivity index (χ4v) is 2.87. The van der Waals surface area contributed by atoms with Crippen LogP contribution < -0.4 is 11.1 Å². The van der Waals surface area contributed by atoms with Crippen molar-refractivity contribution in [3.05, 3.63) is 17.5 Å². The molecule has 2 heterocycles. The molecular weight excluding hydrogens is 302 g/mol. The first-order chi connectivity index (χ1) is 10.1. The van der Waals surface area contributed by atoms with Crippen LogP contribution in [-0.2, 0) is 18.4 Å². The van der Waals surface area contributed by atoms with Gasteiger partial charge in [-0.25, -0.2) is 0 Å². The lowest BCUT2D eigenvalue weighted by Gasteiger charge is -2.35. The summed E-state index contributed by atoms with van der Waals surface area (Å²) in [5.41, 5.74) is 7.90. The minimum Gasteiger partial charge on any atom is -0.354 e. The van der Waals surface area contributed by atoms with Gasteiger partial charge in [-0.05, 0) is 26.3 Å². The van der Waals surface area contributed by atoms with Crippen molar-refractivity contribution in [2.75, 3.05) is 19.6 Å². The molecule has 0 aromatic carbocycles. The summed E-state index contributed by atoms with van der Waals surface area (Å²) >= 11 is 0. The molecule has 1 amide bonds. The van der Waals surface area contributed by atoms with Crippen molar-refractivity contribution in [2.45, 2.75) is 45.2 Å². The highest BCUT2D eigenvalue weighted by atomic mass is 35.5. The van der Waals surface area contributed by atoms with Crippen molar-refractivity contribution in [1.82, 2.24) is 20.0 Å². The molecule has 0 aliphatic carbocycles.